The van der Waals surface area contributed by atoms with Crippen LogP contribution < -0.4 is 0 Å². The summed E-state index contributed by atoms with van der Waals surface area (Å²) in [7, 11) is 0. The van der Waals surface area contributed by atoms with Crippen molar-refractivity contribution < 1.29 is 10.2 Å². The van der Waals surface area contributed by atoms with Crippen LogP contribution in [0.3, 0.4) is 0 Å². The summed E-state index contributed by atoms with van der Waals surface area (Å²) in [6.07, 6.45) is 9.81. The van der Waals surface area contributed by atoms with Gasteiger partial charge in [0.25, 0.3) is 0 Å². The van der Waals surface area contributed by atoms with Crippen molar-refractivity contribution in [3.05, 3.63) is 79.4 Å². The lowest BCUT2D eigenvalue weighted by Crippen LogP contribution is -2.49. The number of allylic oxidation sites excluding steroid dienone is 4. The van der Waals surface area contributed by atoms with Gasteiger partial charge in [-0.15, -0.1) is 13.2 Å². The monoisotopic (exact) mass is 268 g/mol. The molecule has 0 saturated heterocycles. The van der Waals surface area contributed by atoms with E-state index in [1.54, 1.807) is 18.2 Å². The number of hydrogen-bond acceptors (Lipinski definition) is 2. The normalized spacial score (nSPS) is 19.2. The minimum Gasteiger partial charge on any atom is -0.361 e. The summed E-state index contributed by atoms with van der Waals surface area (Å²) >= 11 is 0. The van der Waals surface area contributed by atoms with Crippen molar-refractivity contribution in [2.45, 2.75) is 18.6 Å². The highest BCUT2D eigenvalue weighted by molar-refractivity contribution is 5.74. The molecule has 104 valence electrons. The first kappa shape index (κ1) is 14.5. The second-order valence-corrected chi connectivity index (χ2v) is 5.12. The summed E-state index contributed by atoms with van der Waals surface area (Å²) in [5.41, 5.74) is 0.486. The van der Waals surface area contributed by atoms with Gasteiger partial charge in [-0.3, -0.25) is 0 Å². The maximum atomic E-state index is 10.8. The van der Waals surface area contributed by atoms with E-state index in [1.165, 1.54) is 0 Å². The van der Waals surface area contributed by atoms with Crippen molar-refractivity contribution in [3.8, 4) is 0 Å². The lowest BCUT2D eigenvalue weighted by Gasteiger charge is -2.44. The first-order valence-electron chi connectivity index (χ1n) is 6.69. The molecule has 0 bridgehead atoms. The van der Waals surface area contributed by atoms with E-state index >= 15 is 0 Å². The zero-order chi connectivity index (χ0) is 14.6. The van der Waals surface area contributed by atoms with Crippen LogP contribution in [0.25, 0.3) is 5.57 Å². The number of aliphatic hydroxyl groups is 2. The first-order chi connectivity index (χ1) is 9.57. The van der Waals surface area contributed by atoms with Crippen molar-refractivity contribution in [1.29, 1.82) is 0 Å². The maximum Gasteiger partial charge on any atom is 0.200 e. The maximum absolute atomic E-state index is 10.8. The Morgan fingerprint density at radius 2 is 1.60 bits per heavy atom. The molecule has 0 spiro atoms. The van der Waals surface area contributed by atoms with Crippen LogP contribution in [0.2, 0.25) is 0 Å². The quantitative estimate of drug-likeness (QED) is 0.634. The standard InChI is InChI=1S/C18H20O2/c1-3-12-17(13-4-2)14-8-11-16(18(17,19)20)15-9-6-5-7-10-15/h3-11,14,19-20H,1-2,12-13H2. The van der Waals surface area contributed by atoms with Gasteiger partial charge in [0.05, 0.1) is 5.41 Å². The minimum atomic E-state index is -1.95. The average Bonchev–Trinajstić information content (AvgIpc) is 2.43. The Bertz CT molecular complexity index is 540. The number of hydrogen-bond donors (Lipinski definition) is 2. The van der Waals surface area contributed by atoms with E-state index in [2.05, 4.69) is 13.2 Å². The van der Waals surface area contributed by atoms with Gasteiger partial charge in [-0.1, -0.05) is 60.7 Å². The largest absolute Gasteiger partial charge is 0.361 e. The van der Waals surface area contributed by atoms with Crippen LogP contribution in [0.5, 0.6) is 0 Å². The Hall–Kier alpha value is -1.90. The molecule has 0 amide bonds. The zero-order valence-corrected chi connectivity index (χ0v) is 11.5. The fourth-order valence-electron chi connectivity index (χ4n) is 2.76. The summed E-state index contributed by atoms with van der Waals surface area (Å²) in [5.74, 6) is -1.95. The van der Waals surface area contributed by atoms with Gasteiger partial charge in [-0.2, -0.15) is 0 Å². The van der Waals surface area contributed by atoms with Crippen LogP contribution in [0.1, 0.15) is 18.4 Å². The molecule has 2 N–H and O–H groups in total. The third-order valence-corrected chi connectivity index (χ3v) is 3.85. The molecular weight excluding hydrogens is 248 g/mol. The summed E-state index contributed by atoms with van der Waals surface area (Å²) in [5, 5.41) is 21.6. The van der Waals surface area contributed by atoms with Crippen molar-refractivity contribution in [3.63, 3.8) is 0 Å². The van der Waals surface area contributed by atoms with Crippen molar-refractivity contribution in [2.75, 3.05) is 0 Å². The molecule has 0 radical (unpaired) electrons. The Morgan fingerprint density at radius 1 is 1.00 bits per heavy atom. The third kappa shape index (κ3) is 2.28. The zero-order valence-electron chi connectivity index (χ0n) is 11.5. The van der Waals surface area contributed by atoms with Crippen molar-refractivity contribution in [1.82, 2.24) is 0 Å². The molecule has 2 nitrogen and oxygen atoms in total. The van der Waals surface area contributed by atoms with Crippen LogP contribution >= 0.6 is 0 Å². The molecule has 0 saturated carbocycles. The highest BCUT2D eigenvalue weighted by atomic mass is 16.5. The molecule has 0 fully saturated rings. The van der Waals surface area contributed by atoms with Gasteiger partial charge < -0.3 is 10.2 Å². The Morgan fingerprint density at radius 3 is 2.15 bits per heavy atom. The molecule has 1 aliphatic carbocycles. The summed E-state index contributed by atoms with van der Waals surface area (Å²) in [6, 6.07) is 9.41. The summed E-state index contributed by atoms with van der Waals surface area (Å²) in [6.45, 7) is 7.47. The molecule has 2 rings (SSSR count). The van der Waals surface area contributed by atoms with Crippen LogP contribution in [0.4, 0.5) is 0 Å². The van der Waals surface area contributed by atoms with Crippen molar-refractivity contribution in [2.24, 2.45) is 5.41 Å². The molecule has 1 aliphatic rings. The van der Waals surface area contributed by atoms with Gasteiger partial charge >= 0.3 is 0 Å². The molecule has 20 heavy (non-hydrogen) atoms. The fourth-order valence-corrected chi connectivity index (χ4v) is 2.76. The molecular formula is C18H20O2. The second kappa shape index (κ2) is 5.61. The highest BCUT2D eigenvalue weighted by Crippen LogP contribution is 2.48. The van der Waals surface area contributed by atoms with E-state index in [-0.39, 0.29) is 0 Å². The summed E-state index contributed by atoms with van der Waals surface area (Å²) in [4.78, 5) is 0. The van der Waals surface area contributed by atoms with Gasteiger partial charge in [0.1, 0.15) is 0 Å². The van der Waals surface area contributed by atoms with E-state index in [0.29, 0.717) is 18.4 Å². The topological polar surface area (TPSA) is 40.5 Å². The molecule has 0 heterocycles. The lowest BCUT2D eigenvalue weighted by atomic mass is 9.67. The smallest absolute Gasteiger partial charge is 0.200 e. The second-order valence-electron chi connectivity index (χ2n) is 5.12. The van der Waals surface area contributed by atoms with E-state index in [9.17, 15) is 10.2 Å². The van der Waals surface area contributed by atoms with Gasteiger partial charge in [0.15, 0.2) is 5.79 Å². The third-order valence-electron chi connectivity index (χ3n) is 3.85. The lowest BCUT2D eigenvalue weighted by molar-refractivity contribution is -0.179. The number of rotatable bonds is 5. The van der Waals surface area contributed by atoms with E-state index in [0.717, 1.165) is 5.56 Å². The Labute approximate surface area is 120 Å². The van der Waals surface area contributed by atoms with E-state index in [1.807, 2.05) is 42.5 Å². The van der Waals surface area contributed by atoms with Crippen LogP contribution in [0, 0.1) is 5.41 Å². The fraction of sp³-hybridized carbons (Fsp3) is 0.222. The molecule has 0 atom stereocenters. The molecule has 1 aromatic carbocycles. The van der Waals surface area contributed by atoms with Crippen LogP contribution in [0.15, 0.2) is 73.9 Å². The Kier molecular flexibility index (Phi) is 4.07. The predicted octanol–water partition coefficient (Wildman–Crippen LogP) is 3.46. The van der Waals surface area contributed by atoms with Crippen molar-refractivity contribution >= 4 is 5.57 Å². The molecule has 2 heteroatoms. The van der Waals surface area contributed by atoms with Crippen LogP contribution in [-0.2, 0) is 0 Å². The SMILES string of the molecule is C=CCC1(CC=C)C=CC=C(c2ccccc2)C1(O)O. The summed E-state index contributed by atoms with van der Waals surface area (Å²) < 4.78 is 0. The molecule has 0 unspecified atom stereocenters. The van der Waals surface area contributed by atoms with Crippen LogP contribution in [-0.4, -0.2) is 16.0 Å². The van der Waals surface area contributed by atoms with Gasteiger partial charge in [-0.25, -0.2) is 0 Å². The van der Waals surface area contributed by atoms with Gasteiger partial charge in [0.2, 0.25) is 0 Å². The molecule has 0 aromatic heterocycles. The average molecular weight is 268 g/mol. The number of benzene rings is 1. The minimum absolute atomic E-state index is 0.465. The highest BCUT2D eigenvalue weighted by Gasteiger charge is 2.50. The van der Waals surface area contributed by atoms with Gasteiger partial charge in [0, 0.05) is 5.57 Å². The van der Waals surface area contributed by atoms with Gasteiger partial charge in [-0.05, 0) is 18.4 Å². The van der Waals surface area contributed by atoms with E-state index in [4.69, 9.17) is 0 Å². The Balaban J connectivity index is 2.51. The predicted molar refractivity (Wildman–Crippen MR) is 82.8 cm³/mol. The molecule has 1 aromatic rings. The first-order valence-corrected chi connectivity index (χ1v) is 6.69. The van der Waals surface area contributed by atoms with E-state index < -0.39 is 11.2 Å². The molecule has 0 aliphatic heterocycles.